The molecule has 1 aromatic heterocycles. The number of rotatable bonds is 4. The summed E-state index contributed by atoms with van der Waals surface area (Å²) in [5, 5.41) is 8.91. The van der Waals surface area contributed by atoms with Crippen LogP contribution in [-0.2, 0) is 11.2 Å². The number of ether oxygens (including phenoxy) is 2. The maximum atomic E-state index is 12.8. The normalized spacial score (nSPS) is 19.1. The van der Waals surface area contributed by atoms with E-state index < -0.39 is 0 Å². The number of carbonyl (C=O) groups excluding carboxylic acids is 1. The standard InChI is InChI=1S/C22H28N6O3/c1-25-6-8-26(9-7-25)20-4-5-21(24-23-20)27-10-12-28(13-11-27)22(29)15-17-2-3-18-19(14-17)31-16-30-18/h2-5,14H,6-13,15-16H2,1H3. The first-order valence-electron chi connectivity index (χ1n) is 10.8. The van der Waals surface area contributed by atoms with Crippen LogP contribution in [0.2, 0.25) is 0 Å². The van der Waals surface area contributed by atoms with E-state index in [1.165, 1.54) is 0 Å². The highest BCUT2D eigenvalue weighted by Crippen LogP contribution is 2.32. The van der Waals surface area contributed by atoms with Gasteiger partial charge < -0.3 is 29.1 Å². The molecule has 2 saturated heterocycles. The Hall–Kier alpha value is -3.07. The maximum Gasteiger partial charge on any atom is 0.231 e. The fourth-order valence-corrected chi connectivity index (χ4v) is 4.21. The summed E-state index contributed by atoms with van der Waals surface area (Å²) in [6.45, 7) is 7.19. The van der Waals surface area contributed by atoms with Gasteiger partial charge in [-0.3, -0.25) is 4.79 Å². The fourth-order valence-electron chi connectivity index (χ4n) is 4.21. The first kappa shape index (κ1) is 19.9. The van der Waals surface area contributed by atoms with E-state index in [4.69, 9.17) is 9.47 Å². The number of benzene rings is 1. The van der Waals surface area contributed by atoms with Gasteiger partial charge in [-0.1, -0.05) is 6.07 Å². The molecule has 2 aromatic rings. The topological polar surface area (TPSA) is 74.3 Å². The monoisotopic (exact) mass is 424 g/mol. The summed E-state index contributed by atoms with van der Waals surface area (Å²) in [6, 6.07) is 9.80. The van der Waals surface area contributed by atoms with E-state index in [0.29, 0.717) is 25.3 Å². The molecule has 3 aliphatic rings. The average molecular weight is 425 g/mol. The molecule has 0 bridgehead atoms. The Balaban J connectivity index is 1.13. The van der Waals surface area contributed by atoms with Crippen molar-refractivity contribution in [3.8, 4) is 11.5 Å². The van der Waals surface area contributed by atoms with Crippen LogP contribution in [0.3, 0.4) is 0 Å². The highest BCUT2D eigenvalue weighted by Gasteiger charge is 2.23. The zero-order valence-corrected chi connectivity index (χ0v) is 17.9. The van der Waals surface area contributed by atoms with Crippen molar-refractivity contribution in [3.05, 3.63) is 35.9 Å². The molecule has 0 atom stereocenters. The van der Waals surface area contributed by atoms with Crippen LogP contribution in [0.15, 0.2) is 30.3 Å². The van der Waals surface area contributed by atoms with Gasteiger partial charge in [-0.2, -0.15) is 0 Å². The number of amides is 1. The zero-order chi connectivity index (χ0) is 21.2. The lowest BCUT2D eigenvalue weighted by molar-refractivity contribution is -0.130. The van der Waals surface area contributed by atoms with Gasteiger partial charge >= 0.3 is 0 Å². The highest BCUT2D eigenvalue weighted by atomic mass is 16.7. The Labute approximate surface area is 182 Å². The second kappa shape index (κ2) is 8.58. The molecule has 0 aliphatic carbocycles. The van der Waals surface area contributed by atoms with Gasteiger partial charge in [-0.05, 0) is 36.9 Å². The van der Waals surface area contributed by atoms with Crippen molar-refractivity contribution < 1.29 is 14.3 Å². The van der Waals surface area contributed by atoms with Crippen LogP contribution in [-0.4, -0.2) is 92.1 Å². The molecule has 1 aromatic carbocycles. The Morgan fingerprint density at radius 2 is 1.45 bits per heavy atom. The first-order valence-corrected chi connectivity index (χ1v) is 10.8. The van der Waals surface area contributed by atoms with Gasteiger partial charge in [0.05, 0.1) is 6.42 Å². The molecule has 5 rings (SSSR count). The lowest BCUT2D eigenvalue weighted by Crippen LogP contribution is -2.49. The summed E-state index contributed by atoms with van der Waals surface area (Å²) in [6.07, 6.45) is 0.371. The van der Waals surface area contributed by atoms with Gasteiger partial charge in [0.25, 0.3) is 0 Å². The van der Waals surface area contributed by atoms with Gasteiger partial charge in [-0.25, -0.2) is 0 Å². The van der Waals surface area contributed by atoms with Crippen LogP contribution in [0, 0.1) is 0 Å². The number of fused-ring (bicyclic) bond motifs is 1. The molecule has 0 saturated carbocycles. The fraction of sp³-hybridized carbons (Fsp3) is 0.500. The number of likely N-dealkylation sites (N-methyl/N-ethyl adjacent to an activating group) is 1. The van der Waals surface area contributed by atoms with Gasteiger partial charge in [-0.15, -0.1) is 10.2 Å². The molecule has 4 heterocycles. The van der Waals surface area contributed by atoms with Crippen molar-refractivity contribution in [2.45, 2.75) is 6.42 Å². The third-order valence-electron chi connectivity index (χ3n) is 6.21. The lowest BCUT2D eigenvalue weighted by atomic mass is 10.1. The van der Waals surface area contributed by atoms with E-state index in [-0.39, 0.29) is 12.7 Å². The quantitative estimate of drug-likeness (QED) is 0.715. The molecular weight excluding hydrogens is 396 g/mol. The number of piperazine rings is 2. The molecule has 9 nitrogen and oxygen atoms in total. The minimum atomic E-state index is 0.134. The van der Waals surface area contributed by atoms with Crippen molar-refractivity contribution in [1.82, 2.24) is 20.0 Å². The van der Waals surface area contributed by atoms with Crippen LogP contribution >= 0.6 is 0 Å². The van der Waals surface area contributed by atoms with Crippen LogP contribution in [0.25, 0.3) is 0 Å². The SMILES string of the molecule is CN1CCN(c2ccc(N3CCN(C(=O)Cc4ccc5c(c4)OCO5)CC3)nn2)CC1. The van der Waals surface area contributed by atoms with E-state index in [1.807, 2.05) is 29.2 Å². The largest absolute Gasteiger partial charge is 0.454 e. The number of carbonyl (C=O) groups is 1. The lowest BCUT2D eigenvalue weighted by Gasteiger charge is -2.36. The second-order valence-corrected chi connectivity index (χ2v) is 8.27. The van der Waals surface area contributed by atoms with E-state index in [9.17, 15) is 4.79 Å². The second-order valence-electron chi connectivity index (χ2n) is 8.27. The third kappa shape index (κ3) is 4.36. The Morgan fingerprint density at radius 3 is 2.10 bits per heavy atom. The molecule has 2 fully saturated rings. The minimum absolute atomic E-state index is 0.134. The van der Waals surface area contributed by atoms with Gasteiger partial charge in [0.15, 0.2) is 23.1 Å². The smallest absolute Gasteiger partial charge is 0.231 e. The molecule has 3 aliphatic heterocycles. The summed E-state index contributed by atoms with van der Waals surface area (Å²) in [5.74, 6) is 3.41. The zero-order valence-electron chi connectivity index (χ0n) is 17.9. The molecule has 0 N–H and O–H groups in total. The van der Waals surface area contributed by atoms with Crippen LogP contribution in [0.1, 0.15) is 5.56 Å². The van der Waals surface area contributed by atoms with Gasteiger partial charge in [0.1, 0.15) is 0 Å². The molecule has 0 radical (unpaired) electrons. The summed E-state index contributed by atoms with van der Waals surface area (Å²) in [4.78, 5) is 21.5. The number of hydrogen-bond acceptors (Lipinski definition) is 8. The van der Waals surface area contributed by atoms with E-state index in [1.54, 1.807) is 0 Å². The van der Waals surface area contributed by atoms with Crippen molar-refractivity contribution in [2.24, 2.45) is 0 Å². The summed E-state index contributed by atoms with van der Waals surface area (Å²) in [7, 11) is 2.14. The number of aromatic nitrogens is 2. The highest BCUT2D eigenvalue weighted by molar-refractivity contribution is 5.79. The van der Waals surface area contributed by atoms with Crippen molar-refractivity contribution in [3.63, 3.8) is 0 Å². The Bertz CT molecular complexity index is 921. The molecule has 0 spiro atoms. The molecule has 9 heteroatoms. The van der Waals surface area contributed by atoms with Crippen molar-refractivity contribution >= 4 is 17.5 Å². The summed E-state index contributed by atoms with van der Waals surface area (Å²) in [5.41, 5.74) is 0.946. The molecule has 164 valence electrons. The number of hydrogen-bond donors (Lipinski definition) is 0. The van der Waals surface area contributed by atoms with Crippen molar-refractivity contribution in [2.75, 3.05) is 76.0 Å². The summed E-state index contributed by atoms with van der Waals surface area (Å²) >= 11 is 0. The third-order valence-corrected chi connectivity index (χ3v) is 6.21. The number of anilines is 2. The molecular formula is C22H28N6O3. The van der Waals surface area contributed by atoms with Gasteiger partial charge in [0.2, 0.25) is 12.7 Å². The van der Waals surface area contributed by atoms with Gasteiger partial charge in [0, 0.05) is 52.4 Å². The van der Waals surface area contributed by atoms with Crippen molar-refractivity contribution in [1.29, 1.82) is 0 Å². The van der Waals surface area contributed by atoms with Crippen LogP contribution in [0.4, 0.5) is 11.6 Å². The molecule has 1 amide bonds. The first-order chi connectivity index (χ1) is 15.2. The Kier molecular flexibility index (Phi) is 5.50. The van der Waals surface area contributed by atoms with Crippen LogP contribution < -0.4 is 19.3 Å². The van der Waals surface area contributed by atoms with E-state index in [0.717, 1.165) is 62.2 Å². The minimum Gasteiger partial charge on any atom is -0.454 e. The predicted molar refractivity (Wildman–Crippen MR) is 117 cm³/mol. The Morgan fingerprint density at radius 1 is 0.839 bits per heavy atom. The predicted octanol–water partition coefficient (Wildman–Crippen LogP) is 0.848. The maximum absolute atomic E-state index is 12.8. The van der Waals surface area contributed by atoms with E-state index in [2.05, 4.69) is 38.0 Å². The van der Waals surface area contributed by atoms with Crippen LogP contribution in [0.5, 0.6) is 11.5 Å². The number of nitrogens with zero attached hydrogens (tertiary/aromatic N) is 6. The summed E-state index contributed by atoms with van der Waals surface area (Å²) < 4.78 is 10.7. The van der Waals surface area contributed by atoms with E-state index >= 15 is 0 Å². The average Bonchev–Trinajstić information content (AvgIpc) is 3.28. The molecule has 31 heavy (non-hydrogen) atoms. The molecule has 0 unspecified atom stereocenters.